The van der Waals surface area contributed by atoms with E-state index < -0.39 is 5.97 Å². The Labute approximate surface area is 158 Å². The highest BCUT2D eigenvalue weighted by molar-refractivity contribution is 7.13. The Bertz CT molecular complexity index is 714. The van der Waals surface area contributed by atoms with Crippen LogP contribution < -0.4 is 4.74 Å². The summed E-state index contributed by atoms with van der Waals surface area (Å²) >= 11 is 1.67. The van der Waals surface area contributed by atoms with E-state index in [2.05, 4.69) is 22.4 Å². The van der Waals surface area contributed by atoms with Crippen LogP contribution in [0, 0.1) is 5.92 Å². The monoisotopic (exact) mass is 374 g/mol. The van der Waals surface area contributed by atoms with Crippen LogP contribution in [0.15, 0.2) is 29.6 Å². The van der Waals surface area contributed by atoms with Gasteiger partial charge in [0.2, 0.25) is 0 Å². The van der Waals surface area contributed by atoms with Gasteiger partial charge in [0.25, 0.3) is 0 Å². The Morgan fingerprint density at radius 2 is 2.19 bits per heavy atom. The number of carboxylic acid groups (broad SMARTS) is 1. The summed E-state index contributed by atoms with van der Waals surface area (Å²) in [6, 6.07) is 8.07. The van der Waals surface area contributed by atoms with E-state index in [0.29, 0.717) is 12.5 Å². The maximum atomic E-state index is 10.8. The average Bonchev–Trinajstić information content (AvgIpc) is 3.10. The van der Waals surface area contributed by atoms with Crippen LogP contribution in [-0.4, -0.2) is 40.7 Å². The fourth-order valence-corrected chi connectivity index (χ4v) is 4.28. The third-order valence-electron chi connectivity index (χ3n) is 4.72. The molecule has 1 aromatic heterocycles. The molecule has 1 aliphatic rings. The minimum atomic E-state index is -0.693. The van der Waals surface area contributed by atoms with Crippen molar-refractivity contribution in [2.75, 3.05) is 19.7 Å². The third kappa shape index (κ3) is 5.29. The summed E-state index contributed by atoms with van der Waals surface area (Å²) in [4.78, 5) is 18.0. The van der Waals surface area contributed by atoms with Crippen LogP contribution >= 0.6 is 11.3 Å². The number of aliphatic carboxylic acids is 1. The number of carboxylic acids is 1. The van der Waals surface area contributed by atoms with Gasteiger partial charge in [-0.25, -0.2) is 4.98 Å². The van der Waals surface area contributed by atoms with Crippen molar-refractivity contribution in [3.63, 3.8) is 0 Å². The second kappa shape index (κ2) is 9.14. The molecule has 2 heterocycles. The van der Waals surface area contributed by atoms with Gasteiger partial charge in [0.15, 0.2) is 0 Å². The smallest absolute Gasteiger partial charge is 0.303 e. The van der Waals surface area contributed by atoms with Crippen molar-refractivity contribution >= 4 is 17.3 Å². The number of piperidine rings is 1. The van der Waals surface area contributed by atoms with Crippen LogP contribution in [0.4, 0.5) is 0 Å². The molecular weight excluding hydrogens is 348 g/mol. The van der Waals surface area contributed by atoms with Crippen molar-refractivity contribution in [1.29, 1.82) is 0 Å². The summed E-state index contributed by atoms with van der Waals surface area (Å²) in [5.41, 5.74) is 2.21. The van der Waals surface area contributed by atoms with E-state index in [0.717, 1.165) is 60.9 Å². The lowest BCUT2D eigenvalue weighted by molar-refractivity contribution is -0.137. The quantitative estimate of drug-likeness (QED) is 0.747. The maximum absolute atomic E-state index is 10.8. The van der Waals surface area contributed by atoms with Gasteiger partial charge in [-0.3, -0.25) is 9.69 Å². The van der Waals surface area contributed by atoms with Gasteiger partial charge in [-0.2, -0.15) is 0 Å². The summed E-state index contributed by atoms with van der Waals surface area (Å²) in [7, 11) is 0. The molecule has 1 atom stereocenters. The Balaban J connectivity index is 1.56. The Kier molecular flexibility index (Phi) is 6.63. The molecule has 0 saturated carbocycles. The SMILES string of the molecule is CCOc1ccc(-c2nc(CN3CCCC(CCC(=O)O)C3)cs2)cc1. The highest BCUT2D eigenvalue weighted by Crippen LogP contribution is 2.27. The summed E-state index contributed by atoms with van der Waals surface area (Å²) in [5.74, 6) is 0.680. The lowest BCUT2D eigenvalue weighted by atomic mass is 9.93. The van der Waals surface area contributed by atoms with Gasteiger partial charge in [-0.15, -0.1) is 11.3 Å². The zero-order valence-corrected chi connectivity index (χ0v) is 16.0. The Hall–Kier alpha value is -1.92. The Morgan fingerprint density at radius 3 is 2.92 bits per heavy atom. The first-order chi connectivity index (χ1) is 12.6. The average molecular weight is 375 g/mol. The van der Waals surface area contributed by atoms with Gasteiger partial charge in [0.1, 0.15) is 10.8 Å². The number of ether oxygens (including phenoxy) is 1. The van der Waals surface area contributed by atoms with Gasteiger partial charge < -0.3 is 9.84 Å². The van der Waals surface area contributed by atoms with Crippen molar-refractivity contribution in [3.05, 3.63) is 35.3 Å². The molecule has 3 rings (SSSR count). The Morgan fingerprint density at radius 1 is 1.38 bits per heavy atom. The number of benzene rings is 1. The highest BCUT2D eigenvalue weighted by atomic mass is 32.1. The van der Waals surface area contributed by atoms with Gasteiger partial charge in [0, 0.05) is 30.5 Å². The maximum Gasteiger partial charge on any atom is 0.303 e. The second-order valence-corrected chi connectivity index (χ2v) is 7.64. The lowest BCUT2D eigenvalue weighted by Crippen LogP contribution is -2.35. The van der Waals surface area contributed by atoms with Crippen LogP contribution in [0.1, 0.15) is 38.3 Å². The van der Waals surface area contributed by atoms with Crippen LogP contribution in [0.5, 0.6) is 5.75 Å². The number of likely N-dealkylation sites (tertiary alicyclic amines) is 1. The number of hydrogen-bond donors (Lipinski definition) is 1. The minimum absolute atomic E-state index is 0.275. The van der Waals surface area contributed by atoms with E-state index >= 15 is 0 Å². The topological polar surface area (TPSA) is 62.7 Å². The molecular formula is C20H26N2O3S. The molecule has 0 spiro atoms. The summed E-state index contributed by atoms with van der Waals surface area (Å²) in [6.07, 6.45) is 3.33. The van der Waals surface area contributed by atoms with Crippen LogP contribution in [0.3, 0.4) is 0 Å². The van der Waals surface area contributed by atoms with E-state index in [1.807, 2.05) is 19.1 Å². The number of rotatable bonds is 8. The number of aromatic nitrogens is 1. The zero-order valence-electron chi connectivity index (χ0n) is 15.2. The number of nitrogens with zero attached hydrogens (tertiary/aromatic N) is 2. The largest absolute Gasteiger partial charge is 0.494 e. The predicted molar refractivity (Wildman–Crippen MR) is 104 cm³/mol. The normalized spacial score (nSPS) is 18.0. The summed E-state index contributed by atoms with van der Waals surface area (Å²) < 4.78 is 5.49. The van der Waals surface area contributed by atoms with Gasteiger partial charge in [-0.1, -0.05) is 0 Å². The standard InChI is InChI=1S/C20H26N2O3S/c1-2-25-18-8-6-16(7-9-18)20-21-17(14-26-20)13-22-11-3-4-15(12-22)5-10-19(23)24/h6-9,14-15H,2-5,10-13H2,1H3,(H,23,24). The first-order valence-electron chi connectivity index (χ1n) is 9.26. The van der Waals surface area contributed by atoms with Crippen LogP contribution in [0.2, 0.25) is 0 Å². The molecule has 1 fully saturated rings. The number of thiazole rings is 1. The molecule has 0 aliphatic carbocycles. The molecule has 26 heavy (non-hydrogen) atoms. The molecule has 1 aromatic carbocycles. The van der Waals surface area contributed by atoms with Crippen molar-refractivity contribution in [3.8, 4) is 16.3 Å². The molecule has 1 N–H and O–H groups in total. The summed E-state index contributed by atoms with van der Waals surface area (Å²) in [5, 5.41) is 12.0. The molecule has 2 aromatic rings. The summed E-state index contributed by atoms with van der Waals surface area (Å²) in [6.45, 7) is 5.54. The van der Waals surface area contributed by atoms with Crippen LogP contribution in [-0.2, 0) is 11.3 Å². The van der Waals surface area contributed by atoms with E-state index in [4.69, 9.17) is 14.8 Å². The van der Waals surface area contributed by atoms with Gasteiger partial charge >= 0.3 is 5.97 Å². The molecule has 0 amide bonds. The molecule has 1 unspecified atom stereocenters. The molecule has 6 heteroatoms. The first-order valence-corrected chi connectivity index (χ1v) is 10.1. The fourth-order valence-electron chi connectivity index (χ4n) is 3.46. The molecule has 0 bridgehead atoms. The van der Waals surface area contributed by atoms with Crippen molar-refractivity contribution in [2.24, 2.45) is 5.92 Å². The third-order valence-corrected chi connectivity index (χ3v) is 5.66. The molecule has 5 nitrogen and oxygen atoms in total. The first kappa shape index (κ1) is 18.9. The zero-order chi connectivity index (χ0) is 18.4. The molecule has 140 valence electrons. The van der Waals surface area contributed by atoms with Gasteiger partial charge in [0.05, 0.1) is 12.3 Å². The number of carbonyl (C=O) groups is 1. The number of hydrogen-bond acceptors (Lipinski definition) is 5. The predicted octanol–water partition coefficient (Wildman–Crippen LogP) is 4.29. The van der Waals surface area contributed by atoms with E-state index in [1.54, 1.807) is 11.3 Å². The van der Waals surface area contributed by atoms with E-state index in [1.165, 1.54) is 0 Å². The molecule has 1 saturated heterocycles. The minimum Gasteiger partial charge on any atom is -0.494 e. The van der Waals surface area contributed by atoms with Crippen molar-refractivity contribution < 1.29 is 14.6 Å². The fraction of sp³-hybridized carbons (Fsp3) is 0.500. The highest BCUT2D eigenvalue weighted by Gasteiger charge is 2.21. The van der Waals surface area contributed by atoms with Crippen LogP contribution in [0.25, 0.3) is 10.6 Å². The van der Waals surface area contributed by atoms with Crippen molar-refractivity contribution in [2.45, 2.75) is 39.2 Å². The van der Waals surface area contributed by atoms with Gasteiger partial charge in [-0.05, 0) is 62.9 Å². The second-order valence-electron chi connectivity index (χ2n) is 6.78. The van der Waals surface area contributed by atoms with E-state index in [9.17, 15) is 4.79 Å². The lowest BCUT2D eigenvalue weighted by Gasteiger charge is -2.32. The molecule has 1 aliphatic heterocycles. The van der Waals surface area contributed by atoms with Crippen molar-refractivity contribution in [1.82, 2.24) is 9.88 Å². The molecule has 0 radical (unpaired) electrons. The van der Waals surface area contributed by atoms with E-state index in [-0.39, 0.29) is 6.42 Å².